The maximum absolute atomic E-state index is 13.1. The average molecular weight is 464 g/mol. The summed E-state index contributed by atoms with van der Waals surface area (Å²) in [5.74, 6) is -0.882. The number of piperidine rings is 1. The first-order valence-electron chi connectivity index (χ1n) is 11.8. The minimum Gasteiger partial charge on any atom is -0.408 e. The molecular weight excluding hydrogens is 430 g/mol. The quantitative estimate of drug-likeness (QED) is 0.732. The highest BCUT2D eigenvalue weighted by Crippen LogP contribution is 2.27. The van der Waals surface area contributed by atoms with Crippen LogP contribution < -0.4 is 11.1 Å². The van der Waals surface area contributed by atoms with Crippen molar-refractivity contribution in [2.75, 3.05) is 6.54 Å². The topological polar surface area (TPSA) is 102 Å². The Morgan fingerprint density at radius 2 is 1.75 bits per heavy atom. The zero-order chi connectivity index (χ0) is 22.7. The molecule has 1 saturated carbocycles. The first-order valence-corrected chi connectivity index (χ1v) is 13.2. The van der Waals surface area contributed by atoms with Crippen LogP contribution in [0.1, 0.15) is 71.1 Å². The zero-order valence-corrected chi connectivity index (χ0v) is 19.5. The number of fused-ring (bicyclic) bond motifs is 1. The van der Waals surface area contributed by atoms with E-state index in [0.29, 0.717) is 12.1 Å². The number of amides is 1. The Bertz CT molecular complexity index is 1110. The highest BCUT2D eigenvalue weighted by atomic mass is 32.2. The molecule has 8 nitrogen and oxygen atoms in total. The van der Waals surface area contributed by atoms with Crippen LogP contribution in [0.15, 0.2) is 32.3 Å². The van der Waals surface area contributed by atoms with Gasteiger partial charge in [0.05, 0.1) is 10.4 Å². The first kappa shape index (κ1) is 23.0. The molecular formula is C23H33N3O5S. The van der Waals surface area contributed by atoms with Crippen LogP contribution in [0.25, 0.3) is 11.1 Å². The first-order chi connectivity index (χ1) is 15.4. The predicted octanol–water partition coefficient (Wildman–Crippen LogP) is 3.39. The van der Waals surface area contributed by atoms with Crippen LogP contribution in [0.4, 0.5) is 0 Å². The van der Waals surface area contributed by atoms with Gasteiger partial charge in [-0.3, -0.25) is 9.36 Å². The smallest absolute Gasteiger partial charge is 0.408 e. The molecule has 176 valence electrons. The van der Waals surface area contributed by atoms with Gasteiger partial charge in [-0.25, -0.2) is 13.2 Å². The Kier molecular flexibility index (Phi) is 7.05. The lowest BCUT2D eigenvalue weighted by atomic mass is 9.97. The molecule has 0 radical (unpaired) electrons. The molecule has 1 amide bonds. The zero-order valence-electron chi connectivity index (χ0n) is 18.7. The summed E-state index contributed by atoms with van der Waals surface area (Å²) in [4.78, 5) is 25.2. The fourth-order valence-electron chi connectivity index (χ4n) is 4.94. The third kappa shape index (κ3) is 4.93. The maximum Gasteiger partial charge on any atom is 0.420 e. The minimum atomic E-state index is -3.67. The monoisotopic (exact) mass is 463 g/mol. The second-order valence-electron chi connectivity index (χ2n) is 9.15. The number of nitrogens with zero attached hydrogens (tertiary/aromatic N) is 2. The summed E-state index contributed by atoms with van der Waals surface area (Å²) in [7, 11) is -3.67. The molecule has 1 aliphatic heterocycles. The Labute approximate surface area is 189 Å². The number of carbonyl (C=O) groups excluding carboxylic acids is 1. The third-order valence-electron chi connectivity index (χ3n) is 6.76. The number of hydrogen-bond donors (Lipinski definition) is 1. The number of sulfonamides is 1. The van der Waals surface area contributed by atoms with Crippen LogP contribution in [-0.4, -0.2) is 41.8 Å². The van der Waals surface area contributed by atoms with Crippen molar-refractivity contribution in [3.05, 3.63) is 28.7 Å². The second-order valence-corrected chi connectivity index (χ2v) is 11.0. The molecule has 1 saturated heterocycles. The van der Waals surface area contributed by atoms with Crippen molar-refractivity contribution in [3.63, 3.8) is 0 Å². The Balaban J connectivity index is 1.52. The summed E-state index contributed by atoms with van der Waals surface area (Å²) in [5.41, 5.74) is 0.605. The van der Waals surface area contributed by atoms with Gasteiger partial charge in [0, 0.05) is 24.7 Å². The van der Waals surface area contributed by atoms with Crippen LogP contribution in [0.3, 0.4) is 0 Å². The van der Waals surface area contributed by atoms with Crippen molar-refractivity contribution >= 4 is 27.0 Å². The van der Waals surface area contributed by atoms with E-state index in [1.54, 1.807) is 6.07 Å². The Hall–Kier alpha value is -2.13. The number of aromatic nitrogens is 1. The SMILES string of the molecule is C[C@H]1CCCCN1S(=O)(=O)c1ccc2c(c1)oc(=O)n2CC(=O)NC1CCCCCCC1. The molecule has 1 aromatic carbocycles. The number of benzene rings is 1. The van der Waals surface area contributed by atoms with Crippen molar-refractivity contribution < 1.29 is 17.6 Å². The van der Waals surface area contributed by atoms with Gasteiger partial charge in [-0.05, 0) is 44.7 Å². The van der Waals surface area contributed by atoms with E-state index in [2.05, 4.69) is 5.32 Å². The largest absolute Gasteiger partial charge is 0.420 e. The van der Waals surface area contributed by atoms with Crippen molar-refractivity contribution in [2.24, 2.45) is 0 Å². The summed E-state index contributed by atoms with van der Waals surface area (Å²) in [6.07, 6.45) is 10.5. The van der Waals surface area contributed by atoms with Crippen molar-refractivity contribution in [1.29, 1.82) is 0 Å². The van der Waals surface area contributed by atoms with Gasteiger partial charge >= 0.3 is 5.76 Å². The predicted molar refractivity (Wildman–Crippen MR) is 122 cm³/mol. The molecule has 9 heteroatoms. The van der Waals surface area contributed by atoms with Crippen molar-refractivity contribution in [1.82, 2.24) is 14.2 Å². The summed E-state index contributed by atoms with van der Waals surface area (Å²) < 4.78 is 34.4. The number of hydrogen-bond acceptors (Lipinski definition) is 5. The van der Waals surface area contributed by atoms with Gasteiger partial charge in [0.2, 0.25) is 15.9 Å². The summed E-state index contributed by atoms with van der Waals surface area (Å²) in [6.45, 7) is 2.27. The van der Waals surface area contributed by atoms with Crippen molar-refractivity contribution in [2.45, 2.75) is 94.7 Å². The maximum atomic E-state index is 13.1. The highest BCUT2D eigenvalue weighted by Gasteiger charge is 2.31. The van der Waals surface area contributed by atoms with Crippen LogP contribution in [-0.2, 0) is 21.4 Å². The van der Waals surface area contributed by atoms with E-state index < -0.39 is 15.8 Å². The van der Waals surface area contributed by atoms with Crippen LogP contribution >= 0.6 is 0 Å². The lowest BCUT2D eigenvalue weighted by molar-refractivity contribution is -0.122. The minimum absolute atomic E-state index is 0.0574. The van der Waals surface area contributed by atoms with Gasteiger partial charge in [0.15, 0.2) is 5.58 Å². The van der Waals surface area contributed by atoms with Crippen molar-refractivity contribution in [3.8, 4) is 0 Å². The molecule has 1 aliphatic carbocycles. The molecule has 2 aliphatic rings. The average Bonchev–Trinajstić information content (AvgIpc) is 3.04. The van der Waals surface area contributed by atoms with Crippen LogP contribution in [0, 0.1) is 0 Å². The fourth-order valence-corrected chi connectivity index (χ4v) is 6.65. The number of carbonyl (C=O) groups is 1. The number of rotatable bonds is 5. The standard InChI is InChI=1S/C23H33N3O5S/c1-17-9-7-8-14-26(17)32(29,30)19-12-13-20-21(15-19)31-23(28)25(20)16-22(27)24-18-10-5-3-2-4-6-11-18/h12-13,15,17-18H,2-11,14,16H2,1H3,(H,24,27)/t17-/m0/s1. The lowest BCUT2D eigenvalue weighted by Gasteiger charge is -2.32. The number of nitrogens with one attached hydrogen (secondary N) is 1. The van der Waals surface area contributed by atoms with E-state index in [4.69, 9.17) is 4.42 Å². The number of oxazole rings is 1. The van der Waals surface area contributed by atoms with E-state index in [-0.39, 0.29) is 35.0 Å². The summed E-state index contributed by atoms with van der Waals surface area (Å²) in [5, 5.41) is 3.06. The Morgan fingerprint density at radius 1 is 1.06 bits per heavy atom. The van der Waals surface area contributed by atoms with Gasteiger partial charge in [-0.2, -0.15) is 4.31 Å². The van der Waals surface area contributed by atoms with Gasteiger partial charge in [-0.15, -0.1) is 0 Å². The molecule has 2 heterocycles. The Morgan fingerprint density at radius 3 is 2.47 bits per heavy atom. The summed E-state index contributed by atoms with van der Waals surface area (Å²) in [6, 6.07) is 4.54. The molecule has 2 aromatic rings. The van der Waals surface area contributed by atoms with E-state index in [9.17, 15) is 18.0 Å². The normalized spacial score (nSPS) is 21.8. The van der Waals surface area contributed by atoms with E-state index in [1.807, 2.05) is 6.92 Å². The highest BCUT2D eigenvalue weighted by molar-refractivity contribution is 7.89. The lowest BCUT2D eigenvalue weighted by Crippen LogP contribution is -2.41. The van der Waals surface area contributed by atoms with Gasteiger partial charge < -0.3 is 9.73 Å². The van der Waals surface area contributed by atoms with Gasteiger partial charge in [0.1, 0.15) is 6.54 Å². The van der Waals surface area contributed by atoms with Gasteiger partial charge in [-0.1, -0.05) is 38.5 Å². The van der Waals surface area contributed by atoms with E-state index >= 15 is 0 Å². The van der Waals surface area contributed by atoms with E-state index in [0.717, 1.165) is 44.9 Å². The summed E-state index contributed by atoms with van der Waals surface area (Å²) >= 11 is 0. The molecule has 1 atom stereocenters. The third-order valence-corrected chi connectivity index (χ3v) is 8.77. The molecule has 1 aromatic heterocycles. The van der Waals surface area contributed by atoms with Crippen LogP contribution in [0.5, 0.6) is 0 Å². The molecule has 0 unspecified atom stereocenters. The van der Waals surface area contributed by atoms with E-state index in [1.165, 1.54) is 40.3 Å². The molecule has 0 spiro atoms. The molecule has 1 N–H and O–H groups in total. The molecule has 4 rings (SSSR count). The molecule has 2 fully saturated rings. The van der Waals surface area contributed by atoms with Gasteiger partial charge in [0.25, 0.3) is 0 Å². The van der Waals surface area contributed by atoms with Crippen LogP contribution in [0.2, 0.25) is 0 Å². The fraction of sp³-hybridized carbons (Fsp3) is 0.652. The second kappa shape index (κ2) is 9.79. The molecule has 0 bridgehead atoms. The molecule has 32 heavy (non-hydrogen) atoms.